The Morgan fingerprint density at radius 1 is 1.08 bits per heavy atom. The van der Waals surface area contributed by atoms with Gasteiger partial charge in [0.15, 0.2) is 4.80 Å². The zero-order valence-corrected chi connectivity index (χ0v) is 22.1. The van der Waals surface area contributed by atoms with Gasteiger partial charge < -0.3 is 14.2 Å². The molecule has 9 heteroatoms. The number of esters is 1. The van der Waals surface area contributed by atoms with Crippen LogP contribution in [-0.4, -0.2) is 31.4 Å². The molecule has 1 aliphatic heterocycles. The number of carbonyl (C=O) groups excluding carboxylic acids is 1. The van der Waals surface area contributed by atoms with E-state index in [4.69, 9.17) is 19.2 Å². The second kappa shape index (κ2) is 10.6. The van der Waals surface area contributed by atoms with Crippen molar-refractivity contribution in [1.82, 2.24) is 4.57 Å². The lowest BCUT2D eigenvalue weighted by Crippen LogP contribution is -2.39. The van der Waals surface area contributed by atoms with Crippen molar-refractivity contribution in [2.24, 2.45) is 4.99 Å². The van der Waals surface area contributed by atoms with Crippen LogP contribution in [0, 0.1) is 0 Å². The fourth-order valence-corrected chi connectivity index (χ4v) is 6.05. The Hall–Kier alpha value is -3.95. The summed E-state index contributed by atoms with van der Waals surface area (Å²) in [5, 5.41) is 1.93. The molecule has 0 aliphatic carbocycles. The first-order valence-corrected chi connectivity index (χ1v) is 13.3. The van der Waals surface area contributed by atoms with Gasteiger partial charge in [-0.3, -0.25) is 9.36 Å². The number of hydrogen-bond donors (Lipinski definition) is 0. The number of benzene rings is 2. The first-order chi connectivity index (χ1) is 18.0. The number of rotatable bonds is 7. The maximum absolute atomic E-state index is 13.9. The zero-order valence-electron chi connectivity index (χ0n) is 20.5. The van der Waals surface area contributed by atoms with E-state index in [-0.39, 0.29) is 12.2 Å². The van der Waals surface area contributed by atoms with E-state index >= 15 is 0 Å². The second-order valence-electron chi connectivity index (χ2n) is 8.05. The number of hydrogen-bond acceptors (Lipinski definition) is 8. The summed E-state index contributed by atoms with van der Waals surface area (Å²) in [6, 6.07) is 18.1. The van der Waals surface area contributed by atoms with Crippen molar-refractivity contribution in [3.63, 3.8) is 0 Å². The average Bonchev–Trinajstić information content (AvgIpc) is 3.57. The van der Waals surface area contributed by atoms with Crippen LogP contribution in [-0.2, 0) is 9.53 Å². The predicted molar refractivity (Wildman–Crippen MR) is 145 cm³/mol. The van der Waals surface area contributed by atoms with Crippen molar-refractivity contribution < 1.29 is 19.0 Å². The van der Waals surface area contributed by atoms with Gasteiger partial charge in [0.2, 0.25) is 0 Å². The van der Waals surface area contributed by atoms with E-state index in [1.807, 2.05) is 60.0 Å². The summed E-state index contributed by atoms with van der Waals surface area (Å²) in [7, 11) is 3.16. The second-order valence-corrected chi connectivity index (χ2v) is 10.0. The maximum Gasteiger partial charge on any atom is 0.338 e. The van der Waals surface area contributed by atoms with Crippen LogP contribution in [0.15, 0.2) is 81.4 Å². The molecule has 0 amide bonds. The fourth-order valence-electron chi connectivity index (χ4n) is 4.24. The fraction of sp³-hybridized carbons (Fsp3) is 0.179. The van der Waals surface area contributed by atoms with Gasteiger partial charge in [0.1, 0.15) is 17.5 Å². The molecule has 188 valence electrons. The Kier molecular flexibility index (Phi) is 7.07. The number of carbonyl (C=O) groups is 1. The van der Waals surface area contributed by atoms with Crippen LogP contribution < -0.4 is 24.4 Å². The van der Waals surface area contributed by atoms with Crippen LogP contribution >= 0.6 is 22.7 Å². The zero-order chi connectivity index (χ0) is 25.9. The van der Waals surface area contributed by atoms with Crippen LogP contribution in [0.2, 0.25) is 0 Å². The van der Waals surface area contributed by atoms with Gasteiger partial charge in [-0.15, -0.1) is 11.3 Å². The smallest absolute Gasteiger partial charge is 0.338 e. The monoisotopic (exact) mass is 532 g/mol. The molecule has 0 saturated heterocycles. The van der Waals surface area contributed by atoms with Crippen LogP contribution in [0.5, 0.6) is 11.5 Å². The first kappa shape index (κ1) is 24.7. The summed E-state index contributed by atoms with van der Waals surface area (Å²) in [6.07, 6.45) is 1.78. The summed E-state index contributed by atoms with van der Waals surface area (Å²) in [6.45, 7) is 1.97. The molecule has 1 atom stereocenters. The number of thiazole rings is 1. The summed E-state index contributed by atoms with van der Waals surface area (Å²) in [5.41, 5.74) is 2.12. The Morgan fingerprint density at radius 3 is 2.57 bits per heavy atom. The highest BCUT2D eigenvalue weighted by Crippen LogP contribution is 2.36. The van der Waals surface area contributed by atoms with Gasteiger partial charge in [-0.1, -0.05) is 47.7 Å². The molecular weight excluding hydrogens is 508 g/mol. The topological polar surface area (TPSA) is 79.1 Å². The molecule has 0 unspecified atom stereocenters. The lowest BCUT2D eigenvalue weighted by Gasteiger charge is -2.24. The van der Waals surface area contributed by atoms with Gasteiger partial charge in [-0.05, 0) is 36.6 Å². The number of thiophene rings is 1. The third kappa shape index (κ3) is 4.63. The molecule has 3 heterocycles. The van der Waals surface area contributed by atoms with E-state index in [9.17, 15) is 9.59 Å². The lowest BCUT2D eigenvalue weighted by atomic mass is 9.97. The van der Waals surface area contributed by atoms with E-state index in [0.29, 0.717) is 32.1 Å². The Labute approximate surface area is 221 Å². The molecule has 7 nitrogen and oxygen atoms in total. The quantitative estimate of drug-likeness (QED) is 0.336. The number of ether oxygens (including phenoxy) is 3. The van der Waals surface area contributed by atoms with E-state index < -0.39 is 12.0 Å². The minimum absolute atomic E-state index is 0.212. The highest BCUT2D eigenvalue weighted by Gasteiger charge is 2.35. The number of nitrogens with zero attached hydrogens (tertiary/aromatic N) is 2. The molecule has 2 aromatic carbocycles. The highest BCUT2D eigenvalue weighted by molar-refractivity contribution is 7.10. The van der Waals surface area contributed by atoms with Gasteiger partial charge in [-0.2, -0.15) is 0 Å². The maximum atomic E-state index is 13.9. The molecule has 4 aromatic rings. The number of fused-ring (bicyclic) bond motifs is 1. The van der Waals surface area contributed by atoms with Crippen molar-refractivity contribution >= 4 is 40.4 Å². The average molecular weight is 533 g/mol. The van der Waals surface area contributed by atoms with Crippen LogP contribution in [0.25, 0.3) is 11.8 Å². The van der Waals surface area contributed by atoms with Crippen LogP contribution in [0.3, 0.4) is 0 Å². The van der Waals surface area contributed by atoms with Crippen molar-refractivity contribution in [1.29, 1.82) is 0 Å². The lowest BCUT2D eigenvalue weighted by molar-refractivity contribution is -0.138. The molecular formula is C28H24N2O5S2. The number of aromatic nitrogens is 1. The summed E-state index contributed by atoms with van der Waals surface area (Å²) < 4.78 is 18.4. The predicted octanol–water partition coefficient (Wildman–Crippen LogP) is 4.01. The molecule has 0 fully saturated rings. The van der Waals surface area contributed by atoms with Crippen molar-refractivity contribution in [2.75, 3.05) is 20.8 Å². The Bertz CT molecular complexity index is 1650. The molecule has 1 aliphatic rings. The third-order valence-corrected chi connectivity index (χ3v) is 7.82. The SMILES string of the molecule is CCOC(=O)C1=C(c2ccccc2)N=c2s/c(=C\c3ccc(OC)cc3OC)c(=O)n2[C@@H]1c1cccs1. The van der Waals surface area contributed by atoms with Gasteiger partial charge >= 0.3 is 5.97 Å². The molecule has 0 saturated carbocycles. The van der Waals surface area contributed by atoms with E-state index in [2.05, 4.69) is 0 Å². The first-order valence-electron chi connectivity index (χ1n) is 11.6. The summed E-state index contributed by atoms with van der Waals surface area (Å²) >= 11 is 2.75. The van der Waals surface area contributed by atoms with Gasteiger partial charge in [0, 0.05) is 22.1 Å². The minimum atomic E-state index is -0.662. The van der Waals surface area contributed by atoms with Gasteiger partial charge in [0.05, 0.1) is 36.6 Å². The van der Waals surface area contributed by atoms with Crippen LogP contribution in [0.4, 0.5) is 0 Å². The highest BCUT2D eigenvalue weighted by atomic mass is 32.1. The van der Waals surface area contributed by atoms with Crippen LogP contribution in [0.1, 0.15) is 29.0 Å². The molecule has 37 heavy (non-hydrogen) atoms. The third-order valence-electron chi connectivity index (χ3n) is 5.91. The summed E-state index contributed by atoms with van der Waals surface area (Å²) in [5.74, 6) is 0.742. The van der Waals surface area contributed by atoms with E-state index in [1.54, 1.807) is 37.9 Å². The van der Waals surface area contributed by atoms with Crippen molar-refractivity contribution in [3.05, 3.63) is 107 Å². The molecule has 0 radical (unpaired) electrons. The van der Waals surface area contributed by atoms with Crippen molar-refractivity contribution in [2.45, 2.75) is 13.0 Å². The number of methoxy groups -OCH3 is 2. The van der Waals surface area contributed by atoms with Gasteiger partial charge in [0.25, 0.3) is 5.56 Å². The Balaban J connectivity index is 1.79. The summed E-state index contributed by atoms with van der Waals surface area (Å²) in [4.78, 5) is 33.4. The molecule has 0 N–H and O–H groups in total. The Morgan fingerprint density at radius 2 is 1.89 bits per heavy atom. The molecule has 5 rings (SSSR count). The normalized spacial score (nSPS) is 15.2. The van der Waals surface area contributed by atoms with Gasteiger partial charge in [-0.25, -0.2) is 9.79 Å². The van der Waals surface area contributed by atoms with E-state index in [0.717, 1.165) is 16.0 Å². The molecule has 2 aromatic heterocycles. The van der Waals surface area contributed by atoms with E-state index in [1.165, 1.54) is 22.7 Å². The minimum Gasteiger partial charge on any atom is -0.497 e. The molecule has 0 spiro atoms. The largest absolute Gasteiger partial charge is 0.497 e. The standard InChI is InChI=1S/C28H24N2O5S2/c1-4-35-27(32)23-24(17-9-6-5-7-10-17)29-28-30(25(23)21-11-8-14-36-21)26(31)22(37-28)15-18-12-13-19(33-2)16-20(18)34-3/h5-16,25H,4H2,1-3H3/b22-15-/t25-/m1/s1. The molecule has 0 bridgehead atoms. The van der Waals surface area contributed by atoms with Crippen molar-refractivity contribution in [3.8, 4) is 11.5 Å².